The van der Waals surface area contributed by atoms with Crippen LogP contribution in [0.4, 0.5) is 11.6 Å². The van der Waals surface area contributed by atoms with Crippen LogP contribution in [0.3, 0.4) is 0 Å². The number of aromatic amines is 1. The van der Waals surface area contributed by atoms with Crippen molar-refractivity contribution in [2.45, 2.75) is 63.3 Å². The monoisotopic (exact) mass is 562 g/mol. The van der Waals surface area contributed by atoms with Gasteiger partial charge in [-0.3, -0.25) is 4.79 Å². The molecule has 10 nitrogen and oxygen atoms in total. The first kappa shape index (κ1) is 28.9. The summed E-state index contributed by atoms with van der Waals surface area (Å²) in [6.45, 7) is 2.81. The number of thioether (sulfide) groups is 1. The number of aromatic nitrogens is 3. The fourth-order valence-electron chi connectivity index (χ4n) is 4.47. The highest BCUT2D eigenvalue weighted by Gasteiger charge is 2.18. The second kappa shape index (κ2) is 13.8. The van der Waals surface area contributed by atoms with E-state index in [1.807, 2.05) is 34.9 Å². The molecular weight excluding hydrogens is 528 g/mol. The van der Waals surface area contributed by atoms with E-state index in [1.54, 1.807) is 23.9 Å². The number of carboxylic acids is 1. The first-order valence-electron chi connectivity index (χ1n) is 13.4. The molecule has 2 heterocycles. The van der Waals surface area contributed by atoms with E-state index in [1.165, 1.54) is 12.6 Å². The third kappa shape index (κ3) is 7.29. The number of aryl methyl sites for hydroxylation is 2. The predicted molar refractivity (Wildman–Crippen MR) is 157 cm³/mol. The lowest BCUT2D eigenvalue weighted by molar-refractivity contribution is 0.0696. The number of fused-ring (bicyclic) bond motifs is 1. The number of imidazole rings is 1. The van der Waals surface area contributed by atoms with Gasteiger partial charge in [0.15, 0.2) is 11.6 Å². The summed E-state index contributed by atoms with van der Waals surface area (Å²) in [5, 5.41) is 28.9. The van der Waals surface area contributed by atoms with Crippen LogP contribution in [0.25, 0.3) is 10.9 Å². The normalized spacial score (nSPS) is 11.5. The summed E-state index contributed by atoms with van der Waals surface area (Å²) in [7, 11) is 0. The lowest BCUT2D eigenvalue weighted by Gasteiger charge is -2.07. The van der Waals surface area contributed by atoms with Crippen molar-refractivity contribution in [1.82, 2.24) is 14.5 Å². The Morgan fingerprint density at radius 1 is 1.07 bits per heavy atom. The molecule has 1 amide bonds. The number of azo groups is 1. The summed E-state index contributed by atoms with van der Waals surface area (Å²) in [6, 6.07) is 12.9. The molecule has 0 bridgehead atoms. The van der Waals surface area contributed by atoms with Gasteiger partial charge < -0.3 is 25.5 Å². The van der Waals surface area contributed by atoms with Crippen LogP contribution in [-0.2, 0) is 13.0 Å². The number of amides is 1. The average Bonchev–Trinajstić information content (AvgIpc) is 3.50. The van der Waals surface area contributed by atoms with Crippen molar-refractivity contribution in [2.75, 3.05) is 11.5 Å². The molecule has 2 aromatic heterocycles. The van der Waals surface area contributed by atoms with Crippen molar-refractivity contribution < 1.29 is 19.8 Å². The van der Waals surface area contributed by atoms with Gasteiger partial charge in [-0.15, -0.1) is 22.0 Å². The van der Waals surface area contributed by atoms with Gasteiger partial charge in [0.05, 0.1) is 17.3 Å². The summed E-state index contributed by atoms with van der Waals surface area (Å²) < 4.78 is 1.84. The molecule has 0 saturated heterocycles. The summed E-state index contributed by atoms with van der Waals surface area (Å²) in [5.41, 5.74) is 8.15. The van der Waals surface area contributed by atoms with Gasteiger partial charge in [-0.2, -0.15) is 0 Å². The van der Waals surface area contributed by atoms with Gasteiger partial charge in [0.25, 0.3) is 0 Å². The number of H-pyrrole nitrogens is 1. The maximum absolute atomic E-state index is 12.5. The van der Waals surface area contributed by atoms with Gasteiger partial charge in [0, 0.05) is 16.8 Å². The Morgan fingerprint density at radius 2 is 1.85 bits per heavy atom. The standard InChI is InChI=1S/C29H34N6O4S/c1-2-3-4-5-6-15-35-24-14-13-21(40-16-7-8-19-9-11-20(12-10-19)28(38)39)17-22(24)25(27(35)37)33-34-26(36)23-18-31-29(30)32-23/h9-14,17-18,37H,2-8,15-16H2,1H3,(H,38,39)(H3,30,31,32). The molecule has 0 spiro atoms. The van der Waals surface area contributed by atoms with Crippen LogP contribution in [0.2, 0.25) is 0 Å². The Kier molecular flexibility index (Phi) is 9.96. The lowest BCUT2D eigenvalue weighted by Crippen LogP contribution is -1.97. The van der Waals surface area contributed by atoms with E-state index in [4.69, 9.17) is 10.8 Å². The van der Waals surface area contributed by atoms with Gasteiger partial charge in [-0.25, -0.2) is 9.78 Å². The molecule has 0 saturated carbocycles. The fourth-order valence-corrected chi connectivity index (χ4v) is 5.36. The van der Waals surface area contributed by atoms with Gasteiger partial charge in [-0.05, 0) is 60.9 Å². The van der Waals surface area contributed by atoms with Crippen molar-refractivity contribution in [3.63, 3.8) is 0 Å². The van der Waals surface area contributed by atoms with Crippen LogP contribution in [0.5, 0.6) is 5.88 Å². The van der Waals surface area contributed by atoms with E-state index in [9.17, 15) is 14.7 Å². The van der Waals surface area contributed by atoms with Gasteiger partial charge in [0.1, 0.15) is 5.69 Å². The van der Waals surface area contributed by atoms with E-state index >= 15 is 0 Å². The number of benzene rings is 2. The highest BCUT2D eigenvalue weighted by Crippen LogP contribution is 2.41. The zero-order valence-electron chi connectivity index (χ0n) is 22.5. The van der Waals surface area contributed by atoms with Crippen molar-refractivity contribution in [2.24, 2.45) is 10.2 Å². The van der Waals surface area contributed by atoms with Crippen LogP contribution < -0.4 is 5.73 Å². The molecule has 0 radical (unpaired) electrons. The van der Waals surface area contributed by atoms with Crippen LogP contribution >= 0.6 is 11.8 Å². The number of nitrogens with one attached hydrogen (secondary N) is 1. The zero-order chi connectivity index (χ0) is 28.5. The van der Waals surface area contributed by atoms with Crippen molar-refractivity contribution in [1.29, 1.82) is 0 Å². The highest BCUT2D eigenvalue weighted by molar-refractivity contribution is 7.99. The Bertz CT molecular complexity index is 1490. The molecule has 0 atom stereocenters. The molecule has 2 aromatic carbocycles. The maximum atomic E-state index is 12.5. The molecule has 0 fully saturated rings. The predicted octanol–water partition coefficient (Wildman–Crippen LogP) is 6.97. The third-order valence-corrected chi connectivity index (χ3v) is 7.69. The molecule has 5 N–H and O–H groups in total. The minimum absolute atomic E-state index is 0.0156. The Hall–Kier alpha value is -4.12. The summed E-state index contributed by atoms with van der Waals surface area (Å²) in [4.78, 5) is 31.0. The number of carboxylic acid groups (broad SMARTS) is 1. The summed E-state index contributed by atoms with van der Waals surface area (Å²) in [5.74, 6) is -0.611. The number of carbonyl (C=O) groups is 2. The molecule has 4 rings (SSSR count). The van der Waals surface area contributed by atoms with E-state index in [0.29, 0.717) is 6.54 Å². The molecule has 0 aliphatic carbocycles. The number of nitrogen functional groups attached to an aromatic ring is 1. The SMILES string of the molecule is CCCCCCCn1c(O)c(N=NC(=O)c2cnc(N)[nH]2)c2cc(SCCCc3ccc(C(=O)O)cc3)ccc21. The maximum Gasteiger partial charge on any atom is 0.335 e. The number of nitrogens with two attached hydrogens (primary N) is 1. The molecule has 0 unspecified atom stereocenters. The van der Waals surface area contributed by atoms with E-state index in [0.717, 1.165) is 65.6 Å². The Balaban J connectivity index is 1.49. The molecule has 0 aliphatic heterocycles. The van der Waals surface area contributed by atoms with Gasteiger partial charge >= 0.3 is 11.9 Å². The number of carbonyl (C=O) groups excluding carboxylic acids is 1. The second-order valence-corrected chi connectivity index (χ2v) is 10.7. The minimum atomic E-state index is -0.928. The van der Waals surface area contributed by atoms with Gasteiger partial charge in [0.2, 0.25) is 5.88 Å². The van der Waals surface area contributed by atoms with Crippen molar-refractivity contribution in [3.8, 4) is 5.88 Å². The quantitative estimate of drug-likeness (QED) is 0.0733. The smallest absolute Gasteiger partial charge is 0.335 e. The molecule has 4 aromatic rings. The Morgan fingerprint density at radius 3 is 2.55 bits per heavy atom. The zero-order valence-corrected chi connectivity index (χ0v) is 23.3. The number of nitrogens with zero attached hydrogens (tertiary/aromatic N) is 4. The second-order valence-electron chi connectivity index (χ2n) is 9.56. The lowest BCUT2D eigenvalue weighted by atomic mass is 10.1. The van der Waals surface area contributed by atoms with E-state index in [-0.39, 0.29) is 28.8 Å². The number of aromatic hydroxyl groups is 1. The number of anilines is 1. The highest BCUT2D eigenvalue weighted by atomic mass is 32.2. The molecule has 0 aliphatic rings. The first-order chi connectivity index (χ1) is 19.4. The van der Waals surface area contributed by atoms with E-state index < -0.39 is 11.9 Å². The third-order valence-electron chi connectivity index (χ3n) is 6.61. The largest absolute Gasteiger partial charge is 0.493 e. The molecule has 210 valence electrons. The molecular formula is C29H34N6O4S. The number of rotatable bonds is 14. The topological polar surface area (TPSA) is 159 Å². The van der Waals surface area contributed by atoms with E-state index in [2.05, 4.69) is 27.1 Å². The number of hydrogen-bond donors (Lipinski definition) is 4. The summed E-state index contributed by atoms with van der Waals surface area (Å²) in [6.07, 6.45) is 8.53. The minimum Gasteiger partial charge on any atom is -0.493 e. The average molecular weight is 563 g/mol. The summed E-state index contributed by atoms with van der Waals surface area (Å²) >= 11 is 1.69. The van der Waals surface area contributed by atoms with Crippen molar-refractivity contribution in [3.05, 3.63) is 65.5 Å². The number of unbranched alkanes of at least 4 members (excludes halogenated alkanes) is 4. The van der Waals surface area contributed by atoms with Crippen molar-refractivity contribution >= 4 is 46.2 Å². The first-order valence-corrected chi connectivity index (χ1v) is 14.4. The molecule has 11 heteroatoms. The Labute approximate surface area is 236 Å². The van der Waals surface area contributed by atoms with Gasteiger partial charge in [-0.1, -0.05) is 44.7 Å². The fraction of sp³-hybridized carbons (Fsp3) is 0.345. The number of hydrogen-bond acceptors (Lipinski definition) is 7. The van der Waals surface area contributed by atoms with Crippen LogP contribution in [0.1, 0.15) is 71.9 Å². The van der Waals surface area contributed by atoms with Crippen LogP contribution in [-0.4, -0.2) is 42.4 Å². The van der Waals surface area contributed by atoms with Crippen LogP contribution in [0.15, 0.2) is 63.8 Å². The number of aromatic carboxylic acids is 1. The molecule has 40 heavy (non-hydrogen) atoms. The van der Waals surface area contributed by atoms with Crippen LogP contribution in [0, 0.1) is 0 Å².